The third kappa shape index (κ3) is 2.00. The van der Waals surface area contributed by atoms with Crippen LogP contribution in [0, 0.1) is 0 Å². The van der Waals surface area contributed by atoms with Crippen molar-refractivity contribution < 1.29 is 4.74 Å². The zero-order chi connectivity index (χ0) is 15.9. The van der Waals surface area contributed by atoms with Gasteiger partial charge in [-0.25, -0.2) is 0 Å². The minimum Gasteiger partial charge on any atom is -0.342 e. The topological polar surface area (TPSA) is 12.5 Å². The van der Waals surface area contributed by atoms with E-state index >= 15 is 0 Å². The van der Waals surface area contributed by atoms with Gasteiger partial charge in [0.2, 0.25) is 0 Å². The van der Waals surface area contributed by atoms with Crippen molar-refractivity contribution in [3.8, 4) is 0 Å². The van der Waals surface area contributed by atoms with Crippen LogP contribution in [-0.4, -0.2) is 6.23 Å². The molecule has 24 heavy (non-hydrogen) atoms. The van der Waals surface area contributed by atoms with Crippen LogP contribution < -0.4 is 4.90 Å². The van der Waals surface area contributed by atoms with Crippen LogP contribution in [0.2, 0.25) is 0 Å². The fourth-order valence-corrected chi connectivity index (χ4v) is 3.66. The summed E-state index contributed by atoms with van der Waals surface area (Å²) in [5.41, 5.74) is 6.05. The van der Waals surface area contributed by atoms with E-state index in [9.17, 15) is 0 Å². The Morgan fingerprint density at radius 3 is 2.29 bits per heavy atom. The van der Waals surface area contributed by atoms with Crippen molar-refractivity contribution in [3.63, 3.8) is 0 Å². The maximum Gasteiger partial charge on any atom is 0.155 e. The number of benzene rings is 3. The van der Waals surface area contributed by atoms with E-state index in [1.54, 1.807) is 0 Å². The van der Waals surface area contributed by atoms with E-state index in [0.717, 1.165) is 0 Å². The molecule has 5 rings (SSSR count). The molecule has 2 nitrogen and oxygen atoms in total. The van der Waals surface area contributed by atoms with Gasteiger partial charge in [-0.05, 0) is 29.3 Å². The quantitative estimate of drug-likeness (QED) is 0.605. The molecule has 2 heterocycles. The van der Waals surface area contributed by atoms with Crippen molar-refractivity contribution in [2.45, 2.75) is 12.3 Å². The van der Waals surface area contributed by atoms with Crippen LogP contribution in [0.15, 0.2) is 84.9 Å². The molecule has 0 amide bonds. The predicted octanol–water partition coefficient (Wildman–Crippen LogP) is 5.30. The largest absolute Gasteiger partial charge is 0.342 e. The SMILES string of the molecule is C1=C[C@@H]2O[C@@H](c3ccccc3)c3ccccc3N2c2ccccc21. The Labute approximate surface area is 141 Å². The maximum absolute atomic E-state index is 6.50. The maximum atomic E-state index is 6.50. The highest BCUT2D eigenvalue weighted by Gasteiger charge is 2.35. The Balaban J connectivity index is 1.70. The van der Waals surface area contributed by atoms with E-state index < -0.39 is 0 Å². The lowest BCUT2D eigenvalue weighted by molar-refractivity contribution is 0.0302. The number of rotatable bonds is 1. The van der Waals surface area contributed by atoms with Gasteiger partial charge >= 0.3 is 0 Å². The lowest BCUT2D eigenvalue weighted by Crippen LogP contribution is -2.40. The number of para-hydroxylation sites is 2. The molecule has 0 saturated carbocycles. The Kier molecular flexibility index (Phi) is 3.03. The number of nitrogens with zero attached hydrogens (tertiary/aromatic N) is 1. The van der Waals surface area contributed by atoms with Crippen molar-refractivity contribution in [2.24, 2.45) is 0 Å². The molecule has 3 aromatic rings. The number of ether oxygens (including phenoxy) is 1. The Morgan fingerprint density at radius 1 is 0.708 bits per heavy atom. The zero-order valence-electron chi connectivity index (χ0n) is 13.2. The van der Waals surface area contributed by atoms with Gasteiger partial charge in [0.25, 0.3) is 0 Å². The average molecular weight is 311 g/mol. The van der Waals surface area contributed by atoms with E-state index in [1.807, 2.05) is 6.07 Å². The van der Waals surface area contributed by atoms with Crippen LogP contribution in [0.4, 0.5) is 11.4 Å². The van der Waals surface area contributed by atoms with E-state index in [2.05, 4.69) is 89.8 Å². The van der Waals surface area contributed by atoms with E-state index in [-0.39, 0.29) is 12.3 Å². The molecule has 0 aromatic heterocycles. The molecule has 2 aliphatic heterocycles. The summed E-state index contributed by atoms with van der Waals surface area (Å²) in [4.78, 5) is 2.30. The van der Waals surface area contributed by atoms with E-state index in [0.29, 0.717) is 0 Å². The summed E-state index contributed by atoms with van der Waals surface area (Å²) in [5, 5.41) is 0. The molecule has 0 saturated heterocycles. The van der Waals surface area contributed by atoms with Gasteiger partial charge in [-0.15, -0.1) is 0 Å². The highest BCUT2D eigenvalue weighted by Crippen LogP contribution is 2.46. The van der Waals surface area contributed by atoms with Crippen molar-refractivity contribution in [1.29, 1.82) is 0 Å². The Hall–Kier alpha value is -2.84. The molecule has 0 spiro atoms. The molecule has 0 N–H and O–H groups in total. The van der Waals surface area contributed by atoms with Crippen LogP contribution >= 0.6 is 0 Å². The third-order valence-corrected chi connectivity index (χ3v) is 4.75. The number of fused-ring (bicyclic) bond motifs is 5. The minimum absolute atomic E-state index is 0.0430. The summed E-state index contributed by atoms with van der Waals surface area (Å²) in [6.07, 6.45) is 4.18. The van der Waals surface area contributed by atoms with Crippen molar-refractivity contribution in [3.05, 3.63) is 102 Å². The summed E-state index contributed by atoms with van der Waals surface area (Å²) in [6.45, 7) is 0. The first-order valence-corrected chi connectivity index (χ1v) is 8.27. The number of hydrogen-bond acceptors (Lipinski definition) is 2. The second-order valence-corrected chi connectivity index (χ2v) is 6.16. The molecule has 2 aliphatic rings. The molecule has 0 fully saturated rings. The fourth-order valence-electron chi connectivity index (χ4n) is 3.66. The summed E-state index contributed by atoms with van der Waals surface area (Å²) < 4.78 is 6.50. The van der Waals surface area contributed by atoms with Gasteiger partial charge < -0.3 is 9.64 Å². The smallest absolute Gasteiger partial charge is 0.155 e. The van der Waals surface area contributed by atoms with Gasteiger partial charge in [-0.1, -0.05) is 72.8 Å². The van der Waals surface area contributed by atoms with Gasteiger partial charge in [-0.2, -0.15) is 0 Å². The van der Waals surface area contributed by atoms with Crippen LogP contribution in [0.1, 0.15) is 22.8 Å². The molecule has 0 unspecified atom stereocenters. The van der Waals surface area contributed by atoms with Gasteiger partial charge in [-0.3, -0.25) is 0 Å². The van der Waals surface area contributed by atoms with Crippen molar-refractivity contribution in [2.75, 3.05) is 4.90 Å². The number of hydrogen-bond donors (Lipinski definition) is 0. The molecule has 116 valence electrons. The Bertz CT molecular complexity index is 916. The molecule has 3 aromatic carbocycles. The van der Waals surface area contributed by atoms with Crippen LogP contribution in [0.3, 0.4) is 0 Å². The monoisotopic (exact) mass is 311 g/mol. The first-order valence-electron chi connectivity index (χ1n) is 8.27. The third-order valence-electron chi connectivity index (χ3n) is 4.75. The average Bonchev–Trinajstić information content (AvgIpc) is 2.67. The molecule has 2 heteroatoms. The van der Waals surface area contributed by atoms with Crippen LogP contribution in [0.25, 0.3) is 6.08 Å². The molecular formula is C22H17NO. The summed E-state index contributed by atoms with van der Waals surface area (Å²) in [7, 11) is 0. The second-order valence-electron chi connectivity index (χ2n) is 6.16. The van der Waals surface area contributed by atoms with Crippen LogP contribution in [-0.2, 0) is 4.74 Å². The second kappa shape index (κ2) is 5.36. The normalized spacial score (nSPS) is 20.9. The van der Waals surface area contributed by atoms with E-state index in [4.69, 9.17) is 4.74 Å². The fraction of sp³-hybridized carbons (Fsp3) is 0.0909. The lowest BCUT2D eigenvalue weighted by Gasteiger charge is -2.43. The van der Waals surface area contributed by atoms with Gasteiger partial charge in [0, 0.05) is 5.56 Å². The van der Waals surface area contributed by atoms with Crippen molar-refractivity contribution in [1.82, 2.24) is 0 Å². The molecular weight excluding hydrogens is 294 g/mol. The van der Waals surface area contributed by atoms with Gasteiger partial charge in [0.05, 0.1) is 11.4 Å². The highest BCUT2D eigenvalue weighted by molar-refractivity contribution is 5.80. The first kappa shape index (κ1) is 13.6. The summed E-state index contributed by atoms with van der Waals surface area (Å²) in [5.74, 6) is 0. The van der Waals surface area contributed by atoms with Gasteiger partial charge in [0.1, 0.15) is 6.10 Å². The standard InChI is InChI=1S/C22H17NO/c1-2-9-17(10-3-1)22-18-11-5-7-13-20(18)23-19-12-6-4-8-16(19)14-15-21(23)24-22/h1-15,21-22H/t21-,22-/m0/s1. The molecule has 0 aliphatic carbocycles. The van der Waals surface area contributed by atoms with E-state index in [1.165, 1.54) is 28.1 Å². The minimum atomic E-state index is -0.0833. The molecule has 0 bridgehead atoms. The zero-order valence-corrected chi connectivity index (χ0v) is 13.2. The van der Waals surface area contributed by atoms with Gasteiger partial charge in [0.15, 0.2) is 6.23 Å². The Morgan fingerprint density at radius 2 is 1.42 bits per heavy atom. The van der Waals surface area contributed by atoms with Crippen molar-refractivity contribution >= 4 is 17.5 Å². The van der Waals surface area contributed by atoms with Crippen LogP contribution in [0.5, 0.6) is 0 Å². The highest BCUT2D eigenvalue weighted by atomic mass is 16.5. The lowest BCUT2D eigenvalue weighted by atomic mass is 9.95. The first-order chi connectivity index (χ1) is 11.9. The summed E-state index contributed by atoms with van der Waals surface area (Å²) >= 11 is 0. The number of anilines is 2. The molecule has 2 atom stereocenters. The summed E-state index contributed by atoms with van der Waals surface area (Å²) in [6, 6.07) is 27.5. The molecule has 0 radical (unpaired) electrons. The predicted molar refractivity (Wildman–Crippen MR) is 97.2 cm³/mol.